The van der Waals surface area contributed by atoms with E-state index in [9.17, 15) is 14.5 Å². The van der Waals surface area contributed by atoms with Gasteiger partial charge in [-0.15, -0.1) is 47.5 Å². The van der Waals surface area contributed by atoms with Gasteiger partial charge in [0.1, 0.15) is 5.58 Å². The molecule has 6 aromatic carbocycles. The third-order valence-electron chi connectivity index (χ3n) is 12.0. The number of aryl methyl sites for hydroxylation is 4. The van der Waals surface area contributed by atoms with Crippen molar-refractivity contribution in [3.63, 3.8) is 0 Å². The van der Waals surface area contributed by atoms with Crippen molar-refractivity contribution >= 4 is 21.9 Å². The summed E-state index contributed by atoms with van der Waals surface area (Å²) in [6.45, 7) is -5.77. The van der Waals surface area contributed by atoms with Crippen LogP contribution in [0, 0.1) is 45.0 Å². The van der Waals surface area contributed by atoms with E-state index in [0.717, 1.165) is 30.7 Å². The molecule has 3 nitrogen and oxygen atoms in total. The minimum Gasteiger partial charge on any atom is -0.500 e. The fourth-order valence-electron chi connectivity index (χ4n) is 8.41. The van der Waals surface area contributed by atoms with Crippen LogP contribution in [0.5, 0.6) is 0 Å². The van der Waals surface area contributed by atoms with Gasteiger partial charge in [0, 0.05) is 61.3 Å². The van der Waals surface area contributed by atoms with Gasteiger partial charge < -0.3 is 14.4 Å². The van der Waals surface area contributed by atoms with Gasteiger partial charge in [-0.2, -0.15) is 13.2 Å². The molecule has 3 heterocycles. The smallest absolute Gasteiger partial charge is 0.417 e. The summed E-state index contributed by atoms with van der Waals surface area (Å²) in [6, 6.07) is 39.3. The normalized spacial score (nSPS) is 18.2. The maximum Gasteiger partial charge on any atom is 0.417 e. The molecule has 0 aliphatic heterocycles. The van der Waals surface area contributed by atoms with Gasteiger partial charge in [-0.05, 0) is 120 Å². The van der Waals surface area contributed by atoms with Crippen LogP contribution in [0.1, 0.15) is 98.0 Å². The van der Waals surface area contributed by atoms with Crippen LogP contribution in [0.2, 0.25) is 0 Å². The van der Waals surface area contributed by atoms with Gasteiger partial charge >= 0.3 is 6.18 Å². The van der Waals surface area contributed by atoms with Crippen molar-refractivity contribution in [2.45, 2.75) is 79.0 Å². The summed E-state index contributed by atoms with van der Waals surface area (Å²) in [7, 11) is 0. The molecule has 335 valence electrons. The van der Waals surface area contributed by atoms with Crippen LogP contribution in [0.4, 0.5) is 13.2 Å². The monoisotopic (exact) mass is 1070 g/mol. The zero-order valence-electron chi connectivity index (χ0n) is 49.9. The van der Waals surface area contributed by atoms with Crippen LogP contribution >= 0.6 is 0 Å². The third kappa shape index (κ3) is 9.56. The van der Waals surface area contributed by atoms with Crippen molar-refractivity contribution in [3.05, 3.63) is 191 Å². The fraction of sp³-hybridized carbons (Fsp3) is 0.220. The molecule has 0 bridgehead atoms. The molecule has 1 fully saturated rings. The Morgan fingerprint density at radius 3 is 2.09 bits per heavy atom. The zero-order chi connectivity index (χ0) is 57.3. The van der Waals surface area contributed by atoms with Crippen LogP contribution in [0.15, 0.2) is 150 Å². The summed E-state index contributed by atoms with van der Waals surface area (Å²) < 4.78 is 164. The average Bonchev–Trinajstić information content (AvgIpc) is 4.02. The second-order valence-electron chi connectivity index (χ2n) is 17.0. The van der Waals surface area contributed by atoms with E-state index < -0.39 is 45.0 Å². The molecule has 0 unspecified atom stereocenters. The number of rotatable bonds is 6. The molecule has 9 aromatic rings. The van der Waals surface area contributed by atoms with Gasteiger partial charge in [-0.25, -0.2) is 0 Å². The Bertz CT molecular complexity index is 3710. The fourth-order valence-corrected chi connectivity index (χ4v) is 8.41. The van der Waals surface area contributed by atoms with E-state index in [1.54, 1.807) is 54.6 Å². The van der Waals surface area contributed by atoms with Crippen molar-refractivity contribution in [1.82, 2.24) is 9.97 Å². The molecule has 10 rings (SSSR count). The number of fused-ring (bicyclic) bond motifs is 3. The van der Waals surface area contributed by atoms with Crippen molar-refractivity contribution in [2.75, 3.05) is 0 Å². The summed E-state index contributed by atoms with van der Waals surface area (Å²) >= 11 is 0. The SMILES string of the molecule is [2H]C([2H])([2H])c1ccc(-c2[c-]cc(C([2H])([2H])[2H])c(-c3ccccc3)c2)nc1.[2H]c1cc(C2([2H])CCC(C)(C)CC2)cc(C([2H])([2H])[2H])c1-c1cc(-c2[c-]ccc3c2oc2c(-c4ccccc4)c(C(F)(F)F)ccc23)ncc1C([2H])([2H])[2H].[Ir]. The third-order valence-corrected chi connectivity index (χ3v) is 12.0. The van der Waals surface area contributed by atoms with Gasteiger partial charge in [0.15, 0.2) is 0 Å². The van der Waals surface area contributed by atoms with E-state index in [2.05, 4.69) is 35.9 Å². The van der Waals surface area contributed by atoms with Crippen LogP contribution in [0.25, 0.3) is 77.8 Å². The minimum atomic E-state index is -4.69. The van der Waals surface area contributed by atoms with Crippen LogP contribution in [-0.2, 0) is 26.3 Å². The number of halogens is 3. The van der Waals surface area contributed by atoms with Crippen LogP contribution < -0.4 is 0 Å². The van der Waals surface area contributed by atoms with Gasteiger partial charge in [0.05, 0.1) is 12.5 Å². The van der Waals surface area contributed by atoms with E-state index >= 15 is 0 Å². The van der Waals surface area contributed by atoms with E-state index in [1.165, 1.54) is 42.6 Å². The Hall–Kier alpha value is -6.14. The number of aromatic nitrogens is 2. The van der Waals surface area contributed by atoms with E-state index in [4.69, 9.17) is 22.2 Å². The number of nitrogens with zero attached hydrogens (tertiary/aromatic N) is 2. The Kier molecular flexibility index (Phi) is 9.13. The maximum absolute atomic E-state index is 14.4. The van der Waals surface area contributed by atoms with E-state index in [-0.39, 0.29) is 92.9 Å². The quantitative estimate of drug-likeness (QED) is 0.156. The number of alkyl halides is 3. The van der Waals surface area contributed by atoms with E-state index in [1.807, 2.05) is 30.3 Å². The first-order chi connectivity index (χ1) is 36.8. The second-order valence-corrected chi connectivity index (χ2v) is 17.0. The molecular formula is C59H51F3IrN2O-2. The molecule has 1 radical (unpaired) electrons. The van der Waals surface area contributed by atoms with Gasteiger partial charge in [0.25, 0.3) is 0 Å². The number of benzene rings is 6. The van der Waals surface area contributed by atoms with Crippen LogP contribution in [-0.4, -0.2) is 9.97 Å². The second kappa shape index (κ2) is 19.0. The largest absolute Gasteiger partial charge is 0.500 e. The molecule has 7 heteroatoms. The molecule has 66 heavy (non-hydrogen) atoms. The Morgan fingerprint density at radius 2 is 1.41 bits per heavy atom. The summed E-state index contributed by atoms with van der Waals surface area (Å²) in [5.74, 6) is -1.11. The summed E-state index contributed by atoms with van der Waals surface area (Å²) in [6.07, 6.45) is 0.192. The molecule has 1 saturated carbocycles. The summed E-state index contributed by atoms with van der Waals surface area (Å²) in [4.78, 5) is 8.64. The molecule has 0 atom stereocenters. The Morgan fingerprint density at radius 1 is 0.697 bits per heavy atom. The van der Waals surface area contributed by atoms with Gasteiger partial charge in [-0.1, -0.05) is 140 Å². The minimum absolute atomic E-state index is 0. The number of furan rings is 1. The molecule has 0 N–H and O–H groups in total. The van der Waals surface area contributed by atoms with E-state index in [0.29, 0.717) is 51.6 Å². The molecule has 3 aromatic heterocycles. The summed E-state index contributed by atoms with van der Waals surface area (Å²) in [5.41, 5.74) is 2.32. The van der Waals surface area contributed by atoms with Crippen molar-refractivity contribution in [1.29, 1.82) is 0 Å². The maximum atomic E-state index is 14.4. The van der Waals surface area contributed by atoms with Crippen molar-refractivity contribution < 1.29 is 56.9 Å². The first-order valence-corrected chi connectivity index (χ1v) is 21.1. The molecule has 0 amide bonds. The number of pyridine rings is 2. The van der Waals surface area contributed by atoms with Crippen molar-refractivity contribution in [2.24, 2.45) is 5.41 Å². The van der Waals surface area contributed by atoms with Crippen LogP contribution in [0.3, 0.4) is 0 Å². The Balaban J connectivity index is 0.000000261. The predicted octanol–water partition coefficient (Wildman–Crippen LogP) is 16.9. The molecular weight excluding hydrogens is 1000 g/mol. The van der Waals surface area contributed by atoms with Crippen molar-refractivity contribution in [3.8, 4) is 55.9 Å². The van der Waals surface area contributed by atoms with Gasteiger partial charge in [0.2, 0.25) is 0 Å². The Labute approximate surface area is 419 Å². The topological polar surface area (TPSA) is 38.9 Å². The molecule has 0 saturated heterocycles. The first kappa shape index (κ1) is 31.7. The summed E-state index contributed by atoms with van der Waals surface area (Å²) in [5, 5.41) is 0.874. The standard InChI is InChI=1S/C40H35F3NO.C19H16N.Ir/c1-24-21-28(26-17-19-39(3,4)20-18-26)13-14-29(24)33-22-35(44-23-25(33)2)32-12-8-11-30-31-15-16-34(40(41,42)43)36(38(31)45-37(30)32)27-9-6-5-7-10-27;1-14-8-11-19(20-13-14)17-10-9-15(2)18(12-17)16-6-4-3-5-7-16;/h5-11,13-16,21-23,26H,17-20H2,1-4H3;3-9,11-13H,1-2H3;/q2*-1;/i1D3,2D3,14D,26D;1D3,2D3;. The molecule has 0 spiro atoms. The zero-order valence-corrected chi connectivity index (χ0v) is 38.3. The molecule has 1 aliphatic carbocycles. The number of hydrogen-bond acceptors (Lipinski definition) is 3. The first-order valence-electron chi connectivity index (χ1n) is 28.1. The average molecular weight is 1070 g/mol. The molecule has 1 aliphatic rings. The number of hydrogen-bond donors (Lipinski definition) is 0. The van der Waals surface area contributed by atoms with Gasteiger partial charge in [-0.3, -0.25) is 0 Å². The predicted molar refractivity (Wildman–Crippen MR) is 260 cm³/mol.